The van der Waals surface area contributed by atoms with Crippen molar-refractivity contribution in [3.05, 3.63) is 57.8 Å². The summed E-state index contributed by atoms with van der Waals surface area (Å²) in [5.74, 6) is 0.988. The monoisotopic (exact) mass is 346 g/mol. The maximum Gasteiger partial charge on any atom is 0.183 e. The first-order chi connectivity index (χ1) is 11.0. The molecule has 0 aliphatic heterocycles. The van der Waals surface area contributed by atoms with Crippen molar-refractivity contribution in [2.45, 2.75) is 26.7 Å². The fourth-order valence-corrected chi connectivity index (χ4v) is 2.64. The smallest absolute Gasteiger partial charge is 0.183 e. The van der Waals surface area contributed by atoms with Crippen LogP contribution < -0.4 is 0 Å². The number of hydrogen-bond donors (Lipinski definition) is 0. The number of fused-ring (bicyclic) bond motifs is 1. The number of azo groups is 1. The Labute approximate surface area is 144 Å². The lowest BCUT2D eigenvalue weighted by Crippen LogP contribution is -1.87. The van der Waals surface area contributed by atoms with Crippen LogP contribution in [-0.2, 0) is 0 Å². The molecule has 3 rings (SSSR count). The average molecular weight is 347 g/mol. The zero-order chi connectivity index (χ0) is 16.6. The number of aromatic nitrogens is 2. The second-order valence-electron chi connectivity index (χ2n) is 5.66. The molecule has 23 heavy (non-hydrogen) atoms. The van der Waals surface area contributed by atoms with Crippen LogP contribution in [0.3, 0.4) is 0 Å². The van der Waals surface area contributed by atoms with Crippen LogP contribution in [0, 0.1) is 6.92 Å². The first kappa shape index (κ1) is 16.0. The lowest BCUT2D eigenvalue weighted by Gasteiger charge is -2.02. The molecule has 0 atom stereocenters. The molecule has 0 N–H and O–H groups in total. The van der Waals surface area contributed by atoms with Crippen molar-refractivity contribution in [3.63, 3.8) is 0 Å². The van der Waals surface area contributed by atoms with Crippen LogP contribution >= 0.6 is 23.2 Å². The molecule has 0 amide bonds. The summed E-state index contributed by atoms with van der Waals surface area (Å²) in [6.45, 7) is 6.22. The molecule has 2 aromatic heterocycles. The third-order valence-corrected chi connectivity index (χ3v) is 4.30. The van der Waals surface area contributed by atoms with Gasteiger partial charge in [-0.05, 0) is 42.7 Å². The minimum absolute atomic E-state index is 0.247. The lowest BCUT2D eigenvalue weighted by atomic mass is 10.1. The minimum atomic E-state index is 0.247. The molecule has 6 heteroatoms. The summed E-state index contributed by atoms with van der Waals surface area (Å²) >= 11 is 11.9. The van der Waals surface area contributed by atoms with E-state index in [1.54, 1.807) is 18.2 Å². The highest BCUT2D eigenvalue weighted by Gasteiger charge is 2.16. The van der Waals surface area contributed by atoms with Crippen molar-refractivity contribution in [3.8, 4) is 0 Å². The topological polar surface area (TPSA) is 42.0 Å². The van der Waals surface area contributed by atoms with E-state index in [2.05, 4.69) is 24.1 Å². The van der Waals surface area contributed by atoms with E-state index in [4.69, 9.17) is 28.2 Å². The van der Waals surface area contributed by atoms with Crippen LogP contribution in [0.5, 0.6) is 0 Å². The molecule has 1 aromatic carbocycles. The molecule has 3 aromatic rings. The van der Waals surface area contributed by atoms with Crippen molar-refractivity contribution < 1.29 is 0 Å². The first-order valence-electron chi connectivity index (χ1n) is 7.31. The van der Waals surface area contributed by atoms with Gasteiger partial charge in [0.2, 0.25) is 0 Å². The molecule has 2 heterocycles. The van der Waals surface area contributed by atoms with E-state index in [0.29, 0.717) is 15.7 Å². The number of hydrogen-bond acceptors (Lipinski definition) is 3. The zero-order valence-corrected chi connectivity index (χ0v) is 14.6. The minimum Gasteiger partial charge on any atom is -0.283 e. The van der Waals surface area contributed by atoms with Gasteiger partial charge in [0.05, 0.1) is 21.4 Å². The summed E-state index contributed by atoms with van der Waals surface area (Å²) < 4.78 is 1.96. The highest BCUT2D eigenvalue weighted by Crippen LogP contribution is 2.32. The Balaban J connectivity index is 2.11. The Kier molecular flexibility index (Phi) is 4.37. The molecule has 0 bridgehead atoms. The van der Waals surface area contributed by atoms with Crippen molar-refractivity contribution in [2.24, 2.45) is 10.2 Å². The van der Waals surface area contributed by atoms with Gasteiger partial charge in [-0.25, -0.2) is 4.98 Å². The van der Waals surface area contributed by atoms with Crippen LogP contribution in [-0.4, -0.2) is 9.38 Å². The highest BCUT2D eigenvalue weighted by molar-refractivity contribution is 6.42. The van der Waals surface area contributed by atoms with E-state index in [-0.39, 0.29) is 5.92 Å². The molecular weight excluding hydrogens is 331 g/mol. The summed E-state index contributed by atoms with van der Waals surface area (Å²) in [5.41, 5.74) is 3.57. The fraction of sp³-hybridized carbons (Fsp3) is 0.235. The van der Waals surface area contributed by atoms with Crippen LogP contribution in [0.15, 0.2) is 46.8 Å². The van der Waals surface area contributed by atoms with E-state index >= 15 is 0 Å². The Morgan fingerprint density at radius 2 is 1.87 bits per heavy atom. The molecule has 0 aliphatic carbocycles. The average Bonchev–Trinajstić information content (AvgIpc) is 2.89. The van der Waals surface area contributed by atoms with Crippen molar-refractivity contribution in [2.75, 3.05) is 0 Å². The van der Waals surface area contributed by atoms with Crippen LogP contribution in [0.1, 0.15) is 31.0 Å². The van der Waals surface area contributed by atoms with Crippen LogP contribution in [0.25, 0.3) is 5.65 Å². The molecule has 0 fully saturated rings. The van der Waals surface area contributed by atoms with Gasteiger partial charge >= 0.3 is 0 Å². The van der Waals surface area contributed by atoms with Gasteiger partial charge in [-0.15, -0.1) is 10.2 Å². The molecule has 0 saturated heterocycles. The third kappa shape index (κ3) is 3.09. The van der Waals surface area contributed by atoms with Gasteiger partial charge in [-0.3, -0.25) is 4.40 Å². The lowest BCUT2D eigenvalue weighted by molar-refractivity contribution is 0.831. The third-order valence-electron chi connectivity index (χ3n) is 3.56. The molecule has 0 aliphatic rings. The van der Waals surface area contributed by atoms with Crippen LogP contribution in [0.2, 0.25) is 10.0 Å². The summed E-state index contributed by atoms with van der Waals surface area (Å²) in [4.78, 5) is 4.72. The van der Waals surface area contributed by atoms with Gasteiger partial charge in [0.25, 0.3) is 0 Å². The molecule has 0 saturated carbocycles. The van der Waals surface area contributed by atoms with Gasteiger partial charge in [0.15, 0.2) is 5.82 Å². The second kappa shape index (κ2) is 6.30. The van der Waals surface area contributed by atoms with E-state index in [1.165, 1.54) is 0 Å². The van der Waals surface area contributed by atoms with E-state index in [1.807, 2.05) is 29.7 Å². The van der Waals surface area contributed by atoms with Gasteiger partial charge in [0.1, 0.15) is 5.65 Å². The van der Waals surface area contributed by atoms with E-state index in [0.717, 1.165) is 22.7 Å². The van der Waals surface area contributed by atoms with Gasteiger partial charge < -0.3 is 0 Å². The number of aryl methyl sites for hydroxylation is 1. The fourth-order valence-electron chi connectivity index (χ4n) is 2.35. The molecule has 118 valence electrons. The van der Waals surface area contributed by atoms with E-state index in [9.17, 15) is 0 Å². The van der Waals surface area contributed by atoms with Crippen molar-refractivity contribution in [1.82, 2.24) is 9.38 Å². The standard InChI is InChI=1S/C17H16Cl2N4/c1-10(2)15-17(23-8-4-5-11(3)16(23)20-15)22-21-12-6-7-13(18)14(19)9-12/h4-10H,1-3H3. The number of pyridine rings is 1. The SMILES string of the molecule is Cc1cccn2c(N=Nc3ccc(Cl)c(Cl)c3)c(C(C)C)nc12. The Bertz CT molecular complexity index is 897. The number of imidazole rings is 1. The normalized spacial score (nSPS) is 11.9. The predicted octanol–water partition coefficient (Wildman–Crippen LogP) is 6.49. The zero-order valence-electron chi connectivity index (χ0n) is 13.1. The van der Waals surface area contributed by atoms with Gasteiger partial charge in [0, 0.05) is 6.20 Å². The summed E-state index contributed by atoms with van der Waals surface area (Å²) in [6.07, 6.45) is 1.95. The number of halogens is 2. The van der Waals surface area contributed by atoms with Crippen molar-refractivity contribution >= 4 is 40.4 Å². The largest absolute Gasteiger partial charge is 0.283 e. The van der Waals surface area contributed by atoms with Gasteiger partial charge in [-0.2, -0.15) is 0 Å². The maximum absolute atomic E-state index is 6.02. The summed E-state index contributed by atoms with van der Waals surface area (Å²) in [5, 5.41) is 9.67. The Hall–Kier alpha value is -1.91. The number of nitrogens with zero attached hydrogens (tertiary/aromatic N) is 4. The molecule has 0 spiro atoms. The summed E-state index contributed by atoms with van der Waals surface area (Å²) in [6, 6.07) is 9.19. The number of benzene rings is 1. The number of rotatable bonds is 3. The van der Waals surface area contributed by atoms with E-state index < -0.39 is 0 Å². The highest BCUT2D eigenvalue weighted by atomic mass is 35.5. The molecule has 4 nitrogen and oxygen atoms in total. The molecule has 0 radical (unpaired) electrons. The molecular formula is C17H16Cl2N4. The Morgan fingerprint density at radius 1 is 1.09 bits per heavy atom. The quantitative estimate of drug-likeness (QED) is 0.499. The van der Waals surface area contributed by atoms with Crippen LogP contribution in [0.4, 0.5) is 11.5 Å². The van der Waals surface area contributed by atoms with Gasteiger partial charge in [-0.1, -0.05) is 43.1 Å². The maximum atomic E-state index is 6.02. The first-order valence-corrected chi connectivity index (χ1v) is 8.07. The molecule has 0 unspecified atom stereocenters. The van der Waals surface area contributed by atoms with Crippen molar-refractivity contribution in [1.29, 1.82) is 0 Å². The second-order valence-corrected chi connectivity index (χ2v) is 6.47. The Morgan fingerprint density at radius 3 is 2.57 bits per heavy atom. The summed E-state index contributed by atoms with van der Waals surface area (Å²) in [7, 11) is 0. The predicted molar refractivity (Wildman–Crippen MR) is 94.7 cm³/mol.